The van der Waals surface area contributed by atoms with Crippen LogP contribution < -0.4 is 10.5 Å². The Balaban J connectivity index is 2.04. The van der Waals surface area contributed by atoms with E-state index in [2.05, 4.69) is 5.16 Å². The van der Waals surface area contributed by atoms with Crippen molar-refractivity contribution in [2.24, 2.45) is 5.92 Å². The lowest BCUT2D eigenvalue weighted by Crippen LogP contribution is -2.14. The lowest BCUT2D eigenvalue weighted by molar-refractivity contribution is 0.305. The summed E-state index contributed by atoms with van der Waals surface area (Å²) in [7, 11) is 1.63. The molecule has 0 saturated heterocycles. The molecule has 0 amide bonds. The molecular formula is C15H17ClN2O2. The summed E-state index contributed by atoms with van der Waals surface area (Å²) in [4.78, 5) is 0. The Labute approximate surface area is 122 Å². The quantitative estimate of drug-likeness (QED) is 0.927. The van der Waals surface area contributed by atoms with Gasteiger partial charge in [-0.15, -0.1) is 0 Å². The molecule has 1 aromatic carbocycles. The number of halogens is 1. The van der Waals surface area contributed by atoms with Crippen LogP contribution in [0.15, 0.2) is 22.7 Å². The fourth-order valence-electron chi connectivity index (χ4n) is 2.61. The number of nitrogens with two attached hydrogens (primary N) is 1. The monoisotopic (exact) mass is 292 g/mol. The van der Waals surface area contributed by atoms with E-state index >= 15 is 0 Å². The van der Waals surface area contributed by atoms with Gasteiger partial charge in [0.05, 0.1) is 18.4 Å². The van der Waals surface area contributed by atoms with Gasteiger partial charge in [-0.3, -0.25) is 0 Å². The van der Waals surface area contributed by atoms with E-state index in [0.29, 0.717) is 16.8 Å². The van der Waals surface area contributed by atoms with Crippen LogP contribution in [0.25, 0.3) is 11.1 Å². The van der Waals surface area contributed by atoms with Crippen LogP contribution in [0.1, 0.15) is 25.0 Å². The Morgan fingerprint density at radius 1 is 1.45 bits per heavy atom. The second-order valence-corrected chi connectivity index (χ2v) is 5.65. The molecule has 0 aliphatic heterocycles. The van der Waals surface area contributed by atoms with Gasteiger partial charge in [0.25, 0.3) is 0 Å². The van der Waals surface area contributed by atoms with Crippen molar-refractivity contribution in [1.29, 1.82) is 0 Å². The topological polar surface area (TPSA) is 61.3 Å². The van der Waals surface area contributed by atoms with Gasteiger partial charge in [-0.05, 0) is 30.5 Å². The summed E-state index contributed by atoms with van der Waals surface area (Å²) in [6.07, 6.45) is 4.69. The summed E-state index contributed by atoms with van der Waals surface area (Å²) in [5, 5.41) is 4.76. The zero-order valence-corrected chi connectivity index (χ0v) is 12.1. The lowest BCUT2D eigenvalue weighted by atomic mass is 9.81. The van der Waals surface area contributed by atoms with Crippen molar-refractivity contribution in [3.8, 4) is 16.9 Å². The molecule has 0 unspecified atom stereocenters. The van der Waals surface area contributed by atoms with Crippen LogP contribution >= 0.6 is 11.6 Å². The molecule has 0 bridgehead atoms. The molecule has 1 heterocycles. The van der Waals surface area contributed by atoms with Crippen LogP contribution in [0.2, 0.25) is 5.02 Å². The van der Waals surface area contributed by atoms with E-state index in [1.54, 1.807) is 13.2 Å². The van der Waals surface area contributed by atoms with Gasteiger partial charge in [0.1, 0.15) is 5.75 Å². The van der Waals surface area contributed by atoms with Crippen LogP contribution in [0.3, 0.4) is 0 Å². The molecule has 2 aromatic rings. The number of hydrogen-bond donors (Lipinski definition) is 1. The molecule has 1 aliphatic carbocycles. The molecule has 0 atom stereocenters. The van der Waals surface area contributed by atoms with E-state index in [-0.39, 0.29) is 0 Å². The summed E-state index contributed by atoms with van der Waals surface area (Å²) in [5.41, 5.74) is 8.51. The smallest absolute Gasteiger partial charge is 0.230 e. The predicted molar refractivity (Wildman–Crippen MR) is 79.0 cm³/mol. The Kier molecular flexibility index (Phi) is 3.57. The summed E-state index contributed by atoms with van der Waals surface area (Å²) in [5.74, 6) is 1.72. The number of hydrogen-bond acceptors (Lipinski definition) is 4. The van der Waals surface area contributed by atoms with E-state index in [1.165, 1.54) is 19.3 Å². The van der Waals surface area contributed by atoms with Crippen molar-refractivity contribution < 1.29 is 9.26 Å². The first-order valence-electron chi connectivity index (χ1n) is 6.77. The number of nitrogen functional groups attached to an aromatic ring is 1. The molecule has 3 rings (SSSR count). The largest absolute Gasteiger partial charge is 0.496 e. The van der Waals surface area contributed by atoms with Gasteiger partial charge in [0, 0.05) is 10.6 Å². The highest BCUT2D eigenvalue weighted by Gasteiger charge is 2.25. The first kappa shape index (κ1) is 13.3. The molecule has 0 spiro atoms. The van der Waals surface area contributed by atoms with Crippen molar-refractivity contribution in [2.75, 3.05) is 12.8 Å². The number of methoxy groups -OCH3 is 1. The van der Waals surface area contributed by atoms with E-state index < -0.39 is 0 Å². The summed E-state index contributed by atoms with van der Waals surface area (Å²) >= 11 is 6.09. The van der Waals surface area contributed by atoms with Crippen molar-refractivity contribution >= 4 is 17.5 Å². The van der Waals surface area contributed by atoms with E-state index in [4.69, 9.17) is 26.6 Å². The Morgan fingerprint density at radius 2 is 2.25 bits per heavy atom. The van der Waals surface area contributed by atoms with Crippen LogP contribution in [-0.2, 0) is 6.42 Å². The zero-order valence-electron chi connectivity index (χ0n) is 11.4. The van der Waals surface area contributed by atoms with Gasteiger partial charge >= 0.3 is 0 Å². The molecular weight excluding hydrogens is 276 g/mol. The second-order valence-electron chi connectivity index (χ2n) is 5.21. The highest BCUT2D eigenvalue weighted by molar-refractivity contribution is 6.31. The molecule has 1 saturated carbocycles. The lowest BCUT2D eigenvalue weighted by Gasteiger charge is -2.24. The van der Waals surface area contributed by atoms with E-state index in [0.717, 1.165) is 29.0 Å². The van der Waals surface area contributed by atoms with Gasteiger partial charge in [-0.25, -0.2) is 0 Å². The number of rotatable bonds is 4. The number of ether oxygens (including phenoxy) is 1. The number of aromatic nitrogens is 1. The molecule has 4 nitrogen and oxygen atoms in total. The van der Waals surface area contributed by atoms with Gasteiger partial charge in [-0.1, -0.05) is 36.0 Å². The Morgan fingerprint density at radius 3 is 2.90 bits per heavy atom. The predicted octanol–water partition coefficient (Wildman–Crippen LogP) is 3.93. The molecule has 1 aliphatic rings. The normalized spacial score (nSPS) is 15.1. The molecule has 20 heavy (non-hydrogen) atoms. The first-order valence-corrected chi connectivity index (χ1v) is 7.14. The van der Waals surface area contributed by atoms with Crippen LogP contribution in [0, 0.1) is 5.92 Å². The third-order valence-electron chi connectivity index (χ3n) is 3.93. The second kappa shape index (κ2) is 5.37. The van der Waals surface area contributed by atoms with E-state index in [1.807, 2.05) is 12.1 Å². The number of anilines is 1. The minimum Gasteiger partial charge on any atom is -0.496 e. The summed E-state index contributed by atoms with van der Waals surface area (Å²) in [6.45, 7) is 0. The highest BCUT2D eigenvalue weighted by atomic mass is 35.5. The number of nitrogens with zero attached hydrogens (tertiary/aromatic N) is 1. The van der Waals surface area contributed by atoms with Crippen LogP contribution in [0.5, 0.6) is 5.75 Å². The molecule has 106 valence electrons. The van der Waals surface area contributed by atoms with Crippen LogP contribution in [-0.4, -0.2) is 12.3 Å². The minimum atomic E-state index is 0.319. The van der Waals surface area contributed by atoms with Crippen molar-refractivity contribution in [1.82, 2.24) is 5.16 Å². The fraction of sp³-hybridized carbons (Fsp3) is 0.400. The third kappa shape index (κ3) is 2.36. The fourth-order valence-corrected chi connectivity index (χ4v) is 2.78. The zero-order chi connectivity index (χ0) is 14.1. The van der Waals surface area contributed by atoms with Crippen LogP contribution in [0.4, 0.5) is 5.88 Å². The third-order valence-corrected chi connectivity index (χ3v) is 4.16. The Hall–Kier alpha value is -1.68. The summed E-state index contributed by atoms with van der Waals surface area (Å²) in [6, 6.07) is 5.46. The molecule has 5 heteroatoms. The molecule has 1 fully saturated rings. The average molecular weight is 293 g/mol. The Bertz CT molecular complexity index is 620. The maximum absolute atomic E-state index is 6.09. The van der Waals surface area contributed by atoms with Gasteiger partial charge in [0.2, 0.25) is 5.88 Å². The van der Waals surface area contributed by atoms with E-state index in [9.17, 15) is 0 Å². The van der Waals surface area contributed by atoms with Crippen molar-refractivity contribution in [2.45, 2.75) is 25.7 Å². The van der Waals surface area contributed by atoms with Crippen molar-refractivity contribution in [3.05, 3.63) is 28.9 Å². The summed E-state index contributed by atoms with van der Waals surface area (Å²) < 4.78 is 10.6. The standard InChI is InChI=1S/C15H17ClN2O2/c1-19-13-6-5-10(16)8-11(13)14-12(18-20-15(14)17)7-9-3-2-4-9/h5-6,8-9H,2-4,7,17H2,1H3. The van der Waals surface area contributed by atoms with Gasteiger partial charge in [-0.2, -0.15) is 0 Å². The minimum absolute atomic E-state index is 0.319. The SMILES string of the molecule is COc1ccc(Cl)cc1-c1c(CC2CCC2)noc1N. The first-order chi connectivity index (χ1) is 9.69. The van der Waals surface area contributed by atoms with Gasteiger partial charge in [0.15, 0.2) is 0 Å². The number of benzene rings is 1. The van der Waals surface area contributed by atoms with Gasteiger partial charge < -0.3 is 15.0 Å². The maximum Gasteiger partial charge on any atom is 0.230 e. The maximum atomic E-state index is 6.09. The molecule has 1 aromatic heterocycles. The molecule has 0 radical (unpaired) electrons. The molecule has 2 N–H and O–H groups in total. The average Bonchev–Trinajstić information content (AvgIpc) is 2.75. The van der Waals surface area contributed by atoms with Crippen molar-refractivity contribution in [3.63, 3.8) is 0 Å². The highest BCUT2D eigenvalue weighted by Crippen LogP contribution is 2.40.